The molecule has 0 aliphatic carbocycles. The normalized spacial score (nSPS) is 16.1. The van der Waals surface area contributed by atoms with Crippen molar-refractivity contribution in [3.63, 3.8) is 0 Å². The predicted octanol–water partition coefficient (Wildman–Crippen LogP) is 3.38. The SMILES string of the molecule is O=C(c1ccco1)N1CCN(C[C@@H](O)COc2ccc3oc4ccccc4c3c2)CC1. The highest BCUT2D eigenvalue weighted by Gasteiger charge is 2.24. The number of β-amino-alcohol motifs (C(OH)–C–C–N with tert-alkyl or cyclic N) is 1. The second-order valence-electron chi connectivity index (χ2n) is 7.79. The highest BCUT2D eigenvalue weighted by Crippen LogP contribution is 2.31. The van der Waals surface area contributed by atoms with Crippen LogP contribution in [0.15, 0.2) is 69.7 Å². The third-order valence-electron chi connectivity index (χ3n) is 5.65. The molecule has 0 bridgehead atoms. The van der Waals surface area contributed by atoms with Crippen molar-refractivity contribution in [1.29, 1.82) is 0 Å². The number of aliphatic hydroxyl groups is 1. The Kier molecular flexibility index (Phi) is 5.36. The Hall–Kier alpha value is -3.29. The number of ether oxygens (including phenoxy) is 1. The maximum Gasteiger partial charge on any atom is 0.289 e. The van der Waals surface area contributed by atoms with Crippen LogP contribution in [-0.4, -0.2) is 66.2 Å². The Bertz CT molecular complexity index is 1180. The summed E-state index contributed by atoms with van der Waals surface area (Å²) in [6.45, 7) is 3.33. The molecule has 0 saturated carbocycles. The minimum atomic E-state index is -0.621. The molecule has 3 heterocycles. The molecule has 1 atom stereocenters. The summed E-state index contributed by atoms with van der Waals surface area (Å²) in [6, 6.07) is 17.0. The standard InChI is InChI=1S/C24H24N2O5/c27-17(15-25-9-11-26(12-10-25)24(28)23-6-3-13-29-23)16-30-18-7-8-22-20(14-18)19-4-1-2-5-21(19)31-22/h1-8,13-14,17,27H,9-12,15-16H2/t17-/m1/s1. The van der Waals surface area contributed by atoms with Crippen molar-refractivity contribution in [2.75, 3.05) is 39.3 Å². The molecule has 2 aromatic heterocycles. The highest BCUT2D eigenvalue weighted by molar-refractivity contribution is 6.05. The smallest absolute Gasteiger partial charge is 0.289 e. The van der Waals surface area contributed by atoms with Crippen molar-refractivity contribution in [3.05, 3.63) is 66.6 Å². The minimum absolute atomic E-state index is 0.0873. The second-order valence-corrected chi connectivity index (χ2v) is 7.79. The predicted molar refractivity (Wildman–Crippen MR) is 116 cm³/mol. The Morgan fingerprint density at radius 3 is 2.61 bits per heavy atom. The van der Waals surface area contributed by atoms with Gasteiger partial charge in [-0.25, -0.2) is 0 Å². The summed E-state index contributed by atoms with van der Waals surface area (Å²) in [5.74, 6) is 0.979. The quantitative estimate of drug-likeness (QED) is 0.515. The zero-order chi connectivity index (χ0) is 21.2. The third kappa shape index (κ3) is 4.15. The summed E-state index contributed by atoms with van der Waals surface area (Å²) in [5, 5.41) is 12.5. The van der Waals surface area contributed by atoms with Crippen LogP contribution >= 0.6 is 0 Å². The molecule has 7 heteroatoms. The number of rotatable bonds is 6. The molecule has 31 heavy (non-hydrogen) atoms. The summed E-state index contributed by atoms with van der Waals surface area (Å²) in [6.07, 6.45) is 0.885. The zero-order valence-corrected chi connectivity index (χ0v) is 17.1. The summed E-state index contributed by atoms with van der Waals surface area (Å²) >= 11 is 0. The number of carbonyl (C=O) groups is 1. The molecule has 1 N–H and O–H groups in total. The summed E-state index contributed by atoms with van der Waals surface area (Å²) in [7, 11) is 0. The van der Waals surface area contributed by atoms with Gasteiger partial charge in [-0.15, -0.1) is 0 Å². The van der Waals surface area contributed by atoms with Gasteiger partial charge in [-0.1, -0.05) is 18.2 Å². The molecule has 4 aromatic rings. The van der Waals surface area contributed by atoms with Crippen molar-refractivity contribution in [1.82, 2.24) is 9.80 Å². The van der Waals surface area contributed by atoms with E-state index in [0.717, 1.165) is 21.9 Å². The summed E-state index contributed by atoms with van der Waals surface area (Å²) in [4.78, 5) is 16.3. The third-order valence-corrected chi connectivity index (χ3v) is 5.65. The number of piperazine rings is 1. The number of furan rings is 2. The maximum absolute atomic E-state index is 12.3. The number of benzene rings is 2. The second kappa shape index (κ2) is 8.45. The molecule has 5 rings (SSSR count). The Labute approximate surface area is 179 Å². The largest absolute Gasteiger partial charge is 0.491 e. The van der Waals surface area contributed by atoms with Crippen LogP contribution in [0.1, 0.15) is 10.6 Å². The van der Waals surface area contributed by atoms with Crippen molar-refractivity contribution < 1.29 is 23.5 Å². The van der Waals surface area contributed by atoms with Gasteiger partial charge in [-0.3, -0.25) is 9.69 Å². The number of para-hydroxylation sites is 1. The molecule has 1 aliphatic heterocycles. The molecule has 7 nitrogen and oxygen atoms in total. The van der Waals surface area contributed by atoms with Gasteiger partial charge in [-0.2, -0.15) is 0 Å². The fraction of sp³-hybridized carbons (Fsp3) is 0.292. The number of carbonyl (C=O) groups excluding carboxylic acids is 1. The van der Waals surface area contributed by atoms with Gasteiger partial charge in [0.05, 0.1) is 6.26 Å². The number of hydrogen-bond acceptors (Lipinski definition) is 6. The van der Waals surface area contributed by atoms with Crippen LogP contribution in [0.5, 0.6) is 5.75 Å². The Morgan fingerprint density at radius 1 is 1.00 bits per heavy atom. The van der Waals surface area contributed by atoms with E-state index >= 15 is 0 Å². The van der Waals surface area contributed by atoms with Gasteiger partial charge in [0.1, 0.15) is 29.6 Å². The van der Waals surface area contributed by atoms with Crippen LogP contribution in [0, 0.1) is 0 Å². The summed E-state index contributed by atoms with van der Waals surface area (Å²) < 4.78 is 16.9. The van der Waals surface area contributed by atoms with Crippen LogP contribution < -0.4 is 4.74 Å². The first kappa shape index (κ1) is 19.7. The fourth-order valence-electron chi connectivity index (χ4n) is 4.03. The van der Waals surface area contributed by atoms with E-state index in [2.05, 4.69) is 4.90 Å². The van der Waals surface area contributed by atoms with E-state index in [0.29, 0.717) is 44.2 Å². The lowest BCUT2D eigenvalue weighted by atomic mass is 10.1. The first-order valence-electron chi connectivity index (χ1n) is 10.4. The molecule has 1 amide bonds. The van der Waals surface area contributed by atoms with Crippen molar-refractivity contribution in [3.8, 4) is 5.75 Å². The summed E-state index contributed by atoms with van der Waals surface area (Å²) in [5.41, 5.74) is 1.66. The molecule has 0 spiro atoms. The van der Waals surface area contributed by atoms with Gasteiger partial charge in [0.2, 0.25) is 0 Å². The van der Waals surface area contributed by atoms with E-state index in [1.54, 1.807) is 17.0 Å². The van der Waals surface area contributed by atoms with Crippen LogP contribution in [-0.2, 0) is 0 Å². The molecular weight excluding hydrogens is 396 g/mol. The average molecular weight is 420 g/mol. The van der Waals surface area contributed by atoms with Crippen molar-refractivity contribution in [2.45, 2.75) is 6.10 Å². The van der Waals surface area contributed by atoms with Gasteiger partial charge in [0.15, 0.2) is 5.76 Å². The molecule has 1 saturated heterocycles. The van der Waals surface area contributed by atoms with Gasteiger partial charge in [0, 0.05) is 43.5 Å². The van der Waals surface area contributed by atoms with Crippen LogP contribution in [0.3, 0.4) is 0 Å². The van der Waals surface area contributed by atoms with Gasteiger partial charge < -0.3 is 23.6 Å². The number of hydrogen-bond donors (Lipinski definition) is 1. The topological polar surface area (TPSA) is 79.3 Å². The molecule has 160 valence electrons. The lowest BCUT2D eigenvalue weighted by Crippen LogP contribution is -2.50. The lowest BCUT2D eigenvalue weighted by molar-refractivity contribution is 0.0389. The number of amides is 1. The average Bonchev–Trinajstić information content (AvgIpc) is 3.46. The minimum Gasteiger partial charge on any atom is -0.491 e. The van der Waals surface area contributed by atoms with E-state index in [9.17, 15) is 9.90 Å². The lowest BCUT2D eigenvalue weighted by Gasteiger charge is -2.35. The van der Waals surface area contributed by atoms with Crippen LogP contribution in [0.25, 0.3) is 21.9 Å². The molecule has 0 unspecified atom stereocenters. The molecular formula is C24H24N2O5. The molecule has 0 radical (unpaired) electrons. The van der Waals surface area contributed by atoms with Crippen molar-refractivity contribution >= 4 is 27.8 Å². The van der Waals surface area contributed by atoms with E-state index in [1.165, 1.54) is 6.26 Å². The van der Waals surface area contributed by atoms with Crippen LogP contribution in [0.2, 0.25) is 0 Å². The molecule has 1 fully saturated rings. The molecule has 1 aliphatic rings. The Morgan fingerprint density at radius 2 is 1.81 bits per heavy atom. The first-order chi connectivity index (χ1) is 15.2. The zero-order valence-electron chi connectivity index (χ0n) is 17.1. The fourth-order valence-corrected chi connectivity index (χ4v) is 4.03. The van der Waals surface area contributed by atoms with E-state index in [4.69, 9.17) is 13.6 Å². The van der Waals surface area contributed by atoms with E-state index < -0.39 is 6.10 Å². The van der Waals surface area contributed by atoms with Crippen LogP contribution in [0.4, 0.5) is 0 Å². The van der Waals surface area contributed by atoms with E-state index in [-0.39, 0.29) is 12.5 Å². The number of nitrogens with zero attached hydrogens (tertiary/aromatic N) is 2. The van der Waals surface area contributed by atoms with Gasteiger partial charge in [0.25, 0.3) is 5.91 Å². The van der Waals surface area contributed by atoms with E-state index in [1.807, 2.05) is 42.5 Å². The van der Waals surface area contributed by atoms with Gasteiger partial charge >= 0.3 is 0 Å². The highest BCUT2D eigenvalue weighted by atomic mass is 16.5. The first-order valence-corrected chi connectivity index (χ1v) is 10.4. The number of aliphatic hydroxyl groups excluding tert-OH is 1. The number of fused-ring (bicyclic) bond motifs is 3. The van der Waals surface area contributed by atoms with Gasteiger partial charge in [-0.05, 0) is 36.4 Å². The van der Waals surface area contributed by atoms with Crippen molar-refractivity contribution in [2.24, 2.45) is 0 Å². The Balaban J connectivity index is 1.13. The molecule has 2 aromatic carbocycles. The monoisotopic (exact) mass is 420 g/mol. The maximum atomic E-state index is 12.3.